The van der Waals surface area contributed by atoms with Gasteiger partial charge in [-0.1, -0.05) is 56.4 Å². The summed E-state index contributed by atoms with van der Waals surface area (Å²) in [5.74, 6) is -1.13. The van der Waals surface area contributed by atoms with Crippen LogP contribution in [0.25, 0.3) is 42.7 Å². The second kappa shape index (κ2) is 23.4. The smallest absolute Gasteiger partial charge is 0.224 e. The molecule has 1 saturated carbocycles. The Kier molecular flexibility index (Phi) is 16.9. The van der Waals surface area contributed by atoms with Crippen LogP contribution in [0.1, 0.15) is 56.9 Å². The lowest BCUT2D eigenvalue weighted by Gasteiger charge is -2.32. The number of nitriles is 1. The van der Waals surface area contributed by atoms with E-state index in [0.29, 0.717) is 63.1 Å². The first kappa shape index (κ1) is 51.3. The van der Waals surface area contributed by atoms with Crippen molar-refractivity contribution in [3.8, 4) is 33.6 Å². The molecule has 5 heterocycles. The summed E-state index contributed by atoms with van der Waals surface area (Å²) < 4.78 is 33.5. The van der Waals surface area contributed by atoms with Gasteiger partial charge in [-0.3, -0.25) is 23.2 Å². The van der Waals surface area contributed by atoms with Crippen molar-refractivity contribution in [3.05, 3.63) is 89.3 Å². The molecular weight excluding hydrogens is 945 g/mol. The van der Waals surface area contributed by atoms with Gasteiger partial charge in [0, 0.05) is 44.2 Å². The number of aromatic nitrogens is 5. The van der Waals surface area contributed by atoms with Gasteiger partial charge in [0.1, 0.15) is 47.6 Å². The predicted molar refractivity (Wildman–Crippen MR) is 272 cm³/mol. The zero-order valence-electron chi connectivity index (χ0n) is 40.6. The molecule has 2 aromatic carbocycles. The lowest BCUT2D eigenvalue weighted by Crippen LogP contribution is -2.41. The van der Waals surface area contributed by atoms with E-state index in [4.69, 9.17) is 33.7 Å². The molecule has 0 spiro atoms. The minimum absolute atomic E-state index is 0.0156. The van der Waals surface area contributed by atoms with E-state index in [1.807, 2.05) is 104 Å². The van der Waals surface area contributed by atoms with E-state index in [9.17, 15) is 24.8 Å². The molecule has 0 aliphatic heterocycles. The fourth-order valence-corrected chi connectivity index (χ4v) is 10.8. The average Bonchev–Trinajstić information content (AvgIpc) is 4.20. The molecule has 4 atom stereocenters. The second-order valence-electron chi connectivity index (χ2n) is 18.6. The number of Topliss-reactive ketones (excluding diaryl/α,β-unsaturated/α-hetero) is 2. The zero-order chi connectivity index (χ0) is 50.1. The molecular formula is C52H60N8O9S2. The van der Waals surface area contributed by atoms with Crippen molar-refractivity contribution >= 4 is 66.8 Å². The van der Waals surface area contributed by atoms with Crippen molar-refractivity contribution < 1.29 is 43.2 Å². The molecule has 0 radical (unpaired) electrons. The molecule has 1 aliphatic carbocycles. The fourth-order valence-electron chi connectivity index (χ4n) is 8.95. The van der Waals surface area contributed by atoms with Gasteiger partial charge < -0.3 is 39.4 Å². The maximum absolute atomic E-state index is 14.1. The predicted octanol–water partition coefficient (Wildman–Crippen LogP) is 7.55. The third kappa shape index (κ3) is 12.5. The van der Waals surface area contributed by atoms with Gasteiger partial charge >= 0.3 is 0 Å². The van der Waals surface area contributed by atoms with Crippen molar-refractivity contribution in [2.24, 2.45) is 23.2 Å². The van der Waals surface area contributed by atoms with Crippen molar-refractivity contribution in [2.45, 2.75) is 59.6 Å². The largest absolute Gasteiger partial charge is 0.491 e. The topological polar surface area (TPSA) is 213 Å². The maximum Gasteiger partial charge on any atom is 0.224 e. The molecule has 0 bridgehead atoms. The summed E-state index contributed by atoms with van der Waals surface area (Å²) in [6.45, 7) is 10.6. The quantitative estimate of drug-likeness (QED) is 0.0472. The molecule has 3 N–H and O–H groups in total. The molecule has 1 aliphatic rings. The lowest BCUT2D eigenvalue weighted by molar-refractivity contribution is -0.139. The number of nitrogens with one attached hydrogen (secondary N) is 2. The number of nitrogens with zero attached hydrogens (tertiary/aromatic N) is 6. The molecule has 7 aromatic rings. The number of benzene rings is 2. The van der Waals surface area contributed by atoms with Gasteiger partial charge in [0.2, 0.25) is 5.91 Å². The zero-order valence-corrected chi connectivity index (χ0v) is 42.3. The number of aliphatic hydroxyl groups excluding tert-OH is 1. The molecule has 19 heteroatoms. The third-order valence-corrected chi connectivity index (χ3v) is 14.7. The molecule has 1 amide bonds. The van der Waals surface area contributed by atoms with Crippen LogP contribution < -0.4 is 15.4 Å². The van der Waals surface area contributed by atoms with Crippen molar-refractivity contribution in [3.63, 3.8) is 0 Å². The standard InChI is InChI=1S/C52H60N8O9S2/c1-32-48(70-31-56-32)35-8-6-33(7-9-35)28-55-50(64)40-24-36(61)23-39(40)47(63)41(52(2,3)4)25-37(62)30-68-19-18-66-15-14-65-16-17-67-20-21-69-38-10-11-43-44(26-38)71-51-57-42(29-60(43)51)46-49(54-5)59-13-12-34(27-53)22-45(59)58-46/h6-13,22,26,29,31,36,39-41,54,61H,14-21,23-25,28,30H2,1-5H3,(H,55,64)/t36-,39?,40+,41+/m0/s1. The van der Waals surface area contributed by atoms with Gasteiger partial charge in [0.25, 0.3) is 0 Å². The maximum atomic E-state index is 14.1. The number of aliphatic hydroxyl groups is 1. The summed E-state index contributed by atoms with van der Waals surface area (Å²) >= 11 is 3.14. The highest BCUT2D eigenvalue weighted by atomic mass is 32.1. The van der Waals surface area contributed by atoms with E-state index >= 15 is 0 Å². The Morgan fingerprint density at radius 3 is 2.28 bits per heavy atom. The van der Waals surface area contributed by atoms with Gasteiger partial charge in [-0.25, -0.2) is 15.0 Å². The van der Waals surface area contributed by atoms with Crippen molar-refractivity contribution in [1.29, 1.82) is 5.26 Å². The number of thiazole rings is 2. The molecule has 17 nitrogen and oxygen atoms in total. The van der Waals surface area contributed by atoms with E-state index in [1.54, 1.807) is 34.8 Å². The molecule has 8 rings (SSSR count). The van der Waals surface area contributed by atoms with E-state index in [2.05, 4.69) is 21.7 Å². The Balaban J connectivity index is 0.677. The molecule has 1 unspecified atom stereocenters. The van der Waals surface area contributed by atoms with Crippen LogP contribution >= 0.6 is 22.7 Å². The minimum Gasteiger partial charge on any atom is -0.491 e. The third-order valence-electron chi connectivity index (χ3n) is 12.7. The number of amides is 1. The first-order valence-electron chi connectivity index (χ1n) is 23.8. The number of rotatable bonds is 25. The summed E-state index contributed by atoms with van der Waals surface area (Å²) in [4.78, 5) is 56.5. The summed E-state index contributed by atoms with van der Waals surface area (Å²) in [6, 6.07) is 19.5. The number of carbonyl (C=O) groups excluding carboxylic acids is 3. The highest BCUT2D eigenvalue weighted by molar-refractivity contribution is 7.23. The van der Waals surface area contributed by atoms with Gasteiger partial charge in [-0.2, -0.15) is 5.26 Å². The first-order valence-corrected chi connectivity index (χ1v) is 25.5. The lowest BCUT2D eigenvalue weighted by atomic mass is 9.70. The van der Waals surface area contributed by atoms with Gasteiger partial charge in [-0.05, 0) is 66.6 Å². The van der Waals surface area contributed by atoms with E-state index in [-0.39, 0.29) is 56.6 Å². The van der Waals surface area contributed by atoms with E-state index in [0.717, 1.165) is 54.1 Å². The summed E-state index contributed by atoms with van der Waals surface area (Å²) in [5.41, 5.74) is 7.88. The van der Waals surface area contributed by atoms with Crippen LogP contribution in [0.3, 0.4) is 0 Å². The number of anilines is 1. The number of hydrogen-bond acceptors (Lipinski definition) is 16. The highest BCUT2D eigenvalue weighted by Crippen LogP contribution is 2.41. The fraction of sp³-hybridized carbons (Fsp3) is 0.442. The Morgan fingerprint density at radius 1 is 0.901 bits per heavy atom. The Hall–Kier alpha value is -6.11. The number of pyridine rings is 1. The number of carbonyl (C=O) groups is 3. The first-order chi connectivity index (χ1) is 34.3. The highest BCUT2D eigenvalue weighted by Gasteiger charge is 2.46. The Bertz CT molecular complexity index is 3000. The normalized spacial score (nSPS) is 16.4. The second-order valence-corrected chi connectivity index (χ2v) is 20.5. The number of aryl methyl sites for hydroxylation is 1. The van der Waals surface area contributed by atoms with Gasteiger partial charge in [0.05, 0.1) is 96.2 Å². The van der Waals surface area contributed by atoms with E-state index < -0.39 is 29.3 Å². The van der Waals surface area contributed by atoms with Crippen LogP contribution in [0.5, 0.6) is 5.75 Å². The van der Waals surface area contributed by atoms with Gasteiger partial charge in [-0.15, -0.1) is 11.3 Å². The molecule has 71 heavy (non-hydrogen) atoms. The number of ether oxygens (including phenoxy) is 5. The summed E-state index contributed by atoms with van der Waals surface area (Å²) in [5, 5.41) is 26.1. The van der Waals surface area contributed by atoms with Crippen LogP contribution in [0, 0.1) is 41.4 Å². The minimum atomic E-state index is -0.772. The van der Waals surface area contributed by atoms with Crippen molar-refractivity contribution in [1.82, 2.24) is 29.1 Å². The summed E-state index contributed by atoms with van der Waals surface area (Å²) in [6.07, 6.45) is 3.40. The van der Waals surface area contributed by atoms with Crippen LogP contribution in [-0.2, 0) is 39.9 Å². The number of ketones is 2. The Labute approximate surface area is 420 Å². The monoisotopic (exact) mass is 1000 g/mol. The van der Waals surface area contributed by atoms with Gasteiger partial charge in [0.15, 0.2) is 10.7 Å². The number of fused-ring (bicyclic) bond motifs is 4. The number of imidazole rings is 2. The molecule has 5 aromatic heterocycles. The SMILES string of the molecule is CNc1c(-c2cn3c(n2)sc2cc(OCCOCCOCCOCCOCC(=O)C[C@H](C(=O)C4C[C@H](O)C[C@H]4C(=O)NCc4ccc(-c5scnc5C)cc4)C(C)(C)C)ccc23)nc2cc(C#N)ccn12. The number of hydrogen-bond donors (Lipinski definition) is 3. The van der Waals surface area contributed by atoms with Crippen LogP contribution in [0.2, 0.25) is 0 Å². The van der Waals surface area contributed by atoms with Crippen molar-refractivity contribution in [2.75, 3.05) is 71.8 Å². The van der Waals surface area contributed by atoms with E-state index in [1.165, 1.54) is 0 Å². The summed E-state index contributed by atoms with van der Waals surface area (Å²) in [7, 11) is 1.84. The molecule has 374 valence electrons. The van der Waals surface area contributed by atoms with Crippen LogP contribution in [-0.4, -0.2) is 119 Å². The average molecular weight is 1010 g/mol. The van der Waals surface area contributed by atoms with Crippen LogP contribution in [0.15, 0.2) is 72.5 Å². The molecule has 0 saturated heterocycles. The van der Waals surface area contributed by atoms with Crippen LogP contribution in [0.4, 0.5) is 5.82 Å². The Morgan fingerprint density at radius 2 is 1.61 bits per heavy atom. The molecule has 1 fully saturated rings.